The van der Waals surface area contributed by atoms with Crippen molar-refractivity contribution in [2.24, 2.45) is 0 Å². The first-order valence-electron chi connectivity index (χ1n) is 8.11. The number of pyridine rings is 1. The van der Waals surface area contributed by atoms with Crippen LogP contribution in [0.5, 0.6) is 5.75 Å². The number of hydrogen-bond donors (Lipinski definition) is 1. The van der Waals surface area contributed by atoms with Crippen LogP contribution in [0, 0.1) is 0 Å². The molecule has 0 aliphatic heterocycles. The fourth-order valence-corrected chi connectivity index (χ4v) is 2.40. The maximum atomic E-state index is 5.77. The van der Waals surface area contributed by atoms with Gasteiger partial charge in [-0.15, -0.1) is 0 Å². The molecule has 1 atom stereocenters. The summed E-state index contributed by atoms with van der Waals surface area (Å²) in [5, 5.41) is 7.73. The Labute approximate surface area is 142 Å². The highest BCUT2D eigenvalue weighted by Crippen LogP contribution is 2.14. The molecular formula is C19H22N4O. The van der Waals surface area contributed by atoms with Crippen LogP contribution in [0.2, 0.25) is 0 Å². The van der Waals surface area contributed by atoms with Crippen molar-refractivity contribution >= 4 is 0 Å². The maximum absolute atomic E-state index is 5.77. The highest BCUT2D eigenvalue weighted by Gasteiger charge is 2.03. The van der Waals surface area contributed by atoms with Gasteiger partial charge < -0.3 is 10.1 Å². The van der Waals surface area contributed by atoms with Gasteiger partial charge in [0.1, 0.15) is 12.4 Å². The minimum atomic E-state index is 0.353. The van der Waals surface area contributed by atoms with E-state index in [0.29, 0.717) is 12.6 Å². The molecule has 0 fully saturated rings. The first kappa shape index (κ1) is 16.2. The molecule has 2 aromatic heterocycles. The van der Waals surface area contributed by atoms with E-state index in [0.717, 1.165) is 24.4 Å². The quantitative estimate of drug-likeness (QED) is 0.692. The fraction of sp³-hybridized carbons (Fsp3) is 0.263. The molecule has 0 aliphatic carbocycles. The molecule has 5 nitrogen and oxygen atoms in total. The van der Waals surface area contributed by atoms with Gasteiger partial charge in [0.25, 0.3) is 0 Å². The predicted octanol–water partition coefficient (Wildman–Crippen LogP) is 3.04. The summed E-state index contributed by atoms with van der Waals surface area (Å²) in [7, 11) is 0. The third-order valence-electron chi connectivity index (χ3n) is 3.73. The van der Waals surface area contributed by atoms with Gasteiger partial charge in [-0.05, 0) is 36.8 Å². The Morgan fingerprint density at radius 2 is 1.96 bits per heavy atom. The van der Waals surface area contributed by atoms with E-state index in [1.807, 2.05) is 47.4 Å². The molecule has 2 heterocycles. The van der Waals surface area contributed by atoms with Gasteiger partial charge in [-0.2, -0.15) is 5.10 Å². The minimum absolute atomic E-state index is 0.353. The van der Waals surface area contributed by atoms with Gasteiger partial charge in [0, 0.05) is 42.9 Å². The highest BCUT2D eigenvalue weighted by atomic mass is 16.5. The predicted molar refractivity (Wildman–Crippen MR) is 93.5 cm³/mol. The number of aromatic nitrogens is 3. The summed E-state index contributed by atoms with van der Waals surface area (Å²) >= 11 is 0. The van der Waals surface area contributed by atoms with Gasteiger partial charge in [-0.3, -0.25) is 9.67 Å². The third kappa shape index (κ3) is 4.93. The maximum Gasteiger partial charge on any atom is 0.119 e. The van der Waals surface area contributed by atoms with E-state index >= 15 is 0 Å². The fourth-order valence-electron chi connectivity index (χ4n) is 2.40. The normalized spacial score (nSPS) is 12.0. The van der Waals surface area contributed by atoms with Gasteiger partial charge in [0.15, 0.2) is 0 Å². The summed E-state index contributed by atoms with van der Waals surface area (Å²) in [6.07, 6.45) is 7.36. The molecule has 0 saturated heterocycles. The molecule has 3 aromatic rings. The molecule has 1 N–H and O–H groups in total. The second-order valence-corrected chi connectivity index (χ2v) is 5.80. The zero-order valence-electron chi connectivity index (χ0n) is 13.8. The van der Waals surface area contributed by atoms with Crippen LogP contribution < -0.4 is 10.1 Å². The van der Waals surface area contributed by atoms with E-state index in [4.69, 9.17) is 4.74 Å². The first-order valence-corrected chi connectivity index (χ1v) is 8.11. The SMILES string of the molecule is C[C@H](Cn1cccn1)NCc1ccc(OCc2cccnc2)cc1. The number of nitrogens with one attached hydrogen (secondary N) is 1. The van der Waals surface area contributed by atoms with E-state index in [1.54, 1.807) is 12.4 Å². The largest absolute Gasteiger partial charge is 0.489 e. The zero-order valence-corrected chi connectivity index (χ0v) is 13.8. The van der Waals surface area contributed by atoms with Gasteiger partial charge >= 0.3 is 0 Å². The minimum Gasteiger partial charge on any atom is -0.489 e. The smallest absolute Gasteiger partial charge is 0.119 e. The van der Waals surface area contributed by atoms with Crippen molar-refractivity contribution in [2.75, 3.05) is 0 Å². The van der Waals surface area contributed by atoms with Gasteiger partial charge in [-0.25, -0.2) is 0 Å². The van der Waals surface area contributed by atoms with Crippen LogP contribution in [0.4, 0.5) is 0 Å². The van der Waals surface area contributed by atoms with Crippen molar-refractivity contribution in [3.05, 3.63) is 78.4 Å². The molecule has 124 valence electrons. The lowest BCUT2D eigenvalue weighted by atomic mass is 10.2. The zero-order chi connectivity index (χ0) is 16.6. The summed E-state index contributed by atoms with van der Waals surface area (Å²) < 4.78 is 7.71. The average Bonchev–Trinajstić information content (AvgIpc) is 3.13. The molecular weight excluding hydrogens is 300 g/mol. The molecule has 3 rings (SSSR count). The lowest BCUT2D eigenvalue weighted by molar-refractivity contribution is 0.305. The summed E-state index contributed by atoms with van der Waals surface area (Å²) in [6.45, 7) is 4.38. The van der Waals surface area contributed by atoms with Gasteiger partial charge in [0.2, 0.25) is 0 Å². The molecule has 5 heteroatoms. The van der Waals surface area contributed by atoms with Crippen LogP contribution >= 0.6 is 0 Å². The monoisotopic (exact) mass is 322 g/mol. The molecule has 0 bridgehead atoms. The van der Waals surface area contributed by atoms with Crippen molar-refractivity contribution in [2.45, 2.75) is 32.7 Å². The lowest BCUT2D eigenvalue weighted by Crippen LogP contribution is -2.30. The topological polar surface area (TPSA) is 52.0 Å². The van der Waals surface area contributed by atoms with E-state index in [-0.39, 0.29) is 0 Å². The Morgan fingerprint density at radius 1 is 1.08 bits per heavy atom. The lowest BCUT2D eigenvalue weighted by Gasteiger charge is -2.14. The molecule has 0 spiro atoms. The summed E-state index contributed by atoms with van der Waals surface area (Å²) in [5.74, 6) is 0.868. The Hall–Kier alpha value is -2.66. The molecule has 0 unspecified atom stereocenters. The molecule has 0 amide bonds. The third-order valence-corrected chi connectivity index (χ3v) is 3.73. The number of rotatable bonds is 8. The van der Waals surface area contributed by atoms with Gasteiger partial charge in [0.05, 0.1) is 6.54 Å². The molecule has 1 aromatic carbocycles. The Morgan fingerprint density at radius 3 is 2.67 bits per heavy atom. The standard InChI is InChI=1S/C19H22N4O/c1-16(14-23-11-3-10-22-23)21-13-17-5-7-19(8-6-17)24-15-18-4-2-9-20-12-18/h2-12,16,21H,13-15H2,1H3/t16-/m1/s1. The van der Waals surface area contributed by atoms with E-state index < -0.39 is 0 Å². The van der Waals surface area contributed by atoms with Crippen LogP contribution in [0.1, 0.15) is 18.1 Å². The van der Waals surface area contributed by atoms with Crippen LogP contribution in [0.15, 0.2) is 67.3 Å². The Balaban J connectivity index is 1.44. The summed E-state index contributed by atoms with van der Waals surface area (Å²) in [6, 6.07) is 14.4. The average molecular weight is 322 g/mol. The summed E-state index contributed by atoms with van der Waals surface area (Å²) in [4.78, 5) is 4.08. The molecule has 0 aliphatic rings. The van der Waals surface area contributed by atoms with E-state index in [2.05, 4.69) is 34.5 Å². The van der Waals surface area contributed by atoms with Crippen LogP contribution in [-0.4, -0.2) is 20.8 Å². The number of benzene rings is 1. The molecule has 24 heavy (non-hydrogen) atoms. The summed E-state index contributed by atoms with van der Waals surface area (Å²) in [5.41, 5.74) is 2.30. The van der Waals surface area contributed by atoms with Gasteiger partial charge in [-0.1, -0.05) is 18.2 Å². The van der Waals surface area contributed by atoms with E-state index in [1.165, 1.54) is 5.56 Å². The highest BCUT2D eigenvalue weighted by molar-refractivity contribution is 5.27. The molecule has 0 saturated carbocycles. The van der Waals surface area contributed by atoms with Crippen molar-refractivity contribution in [1.29, 1.82) is 0 Å². The second kappa shape index (κ2) is 8.26. The Bertz CT molecular complexity index is 711. The Kier molecular flexibility index (Phi) is 5.58. The van der Waals surface area contributed by atoms with Crippen molar-refractivity contribution in [1.82, 2.24) is 20.1 Å². The number of hydrogen-bond acceptors (Lipinski definition) is 4. The van der Waals surface area contributed by atoms with Crippen LogP contribution in [0.3, 0.4) is 0 Å². The van der Waals surface area contributed by atoms with E-state index in [9.17, 15) is 0 Å². The van der Waals surface area contributed by atoms with Crippen molar-refractivity contribution < 1.29 is 4.74 Å². The van der Waals surface area contributed by atoms with Crippen LogP contribution in [-0.2, 0) is 19.7 Å². The first-order chi connectivity index (χ1) is 11.8. The van der Waals surface area contributed by atoms with Crippen molar-refractivity contribution in [3.8, 4) is 5.75 Å². The molecule has 0 radical (unpaired) electrons. The van der Waals surface area contributed by atoms with Crippen molar-refractivity contribution in [3.63, 3.8) is 0 Å². The number of nitrogens with zero attached hydrogens (tertiary/aromatic N) is 3. The second-order valence-electron chi connectivity index (χ2n) is 5.80. The van der Waals surface area contributed by atoms with Crippen LogP contribution in [0.25, 0.3) is 0 Å². The number of ether oxygens (including phenoxy) is 1.